The largest absolute Gasteiger partial charge is 0.351 e. The van der Waals surface area contributed by atoms with Crippen LogP contribution in [-0.2, 0) is 9.59 Å². The van der Waals surface area contributed by atoms with Crippen molar-refractivity contribution in [2.45, 2.75) is 59.5 Å². The molecule has 100 valence electrons. The molecule has 0 fully saturated rings. The summed E-state index contributed by atoms with van der Waals surface area (Å²) in [5.41, 5.74) is 5.49. The first-order valence-electron chi connectivity index (χ1n) is 6.15. The van der Waals surface area contributed by atoms with E-state index in [0.29, 0.717) is 0 Å². The average molecular weight is 242 g/mol. The number of amides is 1. The molecular formula is C13H26N2O2. The minimum absolute atomic E-state index is 0.0449. The highest BCUT2D eigenvalue weighted by molar-refractivity contribution is 5.89. The molecule has 0 saturated heterocycles. The van der Waals surface area contributed by atoms with Crippen molar-refractivity contribution in [1.29, 1.82) is 0 Å². The Kier molecular flexibility index (Phi) is 5.82. The number of carbonyl (C=O) groups is 2. The molecule has 1 amide bonds. The van der Waals surface area contributed by atoms with Gasteiger partial charge in [-0.15, -0.1) is 0 Å². The van der Waals surface area contributed by atoms with E-state index in [1.807, 2.05) is 34.6 Å². The summed E-state index contributed by atoms with van der Waals surface area (Å²) >= 11 is 0. The number of hydrogen-bond donors (Lipinski definition) is 2. The number of nitrogens with two attached hydrogens (primary N) is 1. The Balaban J connectivity index is 4.31. The van der Waals surface area contributed by atoms with Gasteiger partial charge in [-0.1, -0.05) is 20.8 Å². The molecule has 0 rings (SSSR count). The summed E-state index contributed by atoms with van der Waals surface area (Å²) in [5.74, 6) is -0.356. The lowest BCUT2D eigenvalue weighted by atomic mass is 9.93. The summed E-state index contributed by atoms with van der Waals surface area (Å²) in [6.45, 7) is 11.3. The number of carbonyl (C=O) groups excluding carboxylic acids is 2. The third-order valence-corrected chi connectivity index (χ3v) is 2.54. The second kappa shape index (κ2) is 6.15. The molecular weight excluding hydrogens is 216 g/mol. The number of hydrogen-bond acceptors (Lipinski definition) is 3. The fourth-order valence-electron chi connectivity index (χ4n) is 1.40. The fraction of sp³-hybridized carbons (Fsp3) is 0.846. The maximum absolute atomic E-state index is 11.8. The highest BCUT2D eigenvalue weighted by Gasteiger charge is 2.25. The molecule has 4 heteroatoms. The van der Waals surface area contributed by atoms with Crippen molar-refractivity contribution in [3.63, 3.8) is 0 Å². The number of ketones is 1. The minimum atomic E-state index is -0.472. The summed E-state index contributed by atoms with van der Waals surface area (Å²) < 4.78 is 0. The SMILES string of the molecule is CC(C)[C@H](N)C(=O)C[C@@H](C)C(=O)NC(C)(C)C. The number of nitrogens with one attached hydrogen (secondary N) is 1. The van der Waals surface area contributed by atoms with Crippen LogP contribution in [0, 0.1) is 11.8 Å². The smallest absolute Gasteiger partial charge is 0.223 e. The van der Waals surface area contributed by atoms with E-state index >= 15 is 0 Å². The van der Waals surface area contributed by atoms with Gasteiger partial charge in [0.2, 0.25) is 5.91 Å². The Morgan fingerprint density at radius 3 is 2.00 bits per heavy atom. The Bertz CT molecular complexity index is 280. The number of Topliss-reactive ketones (excluding diaryl/α,β-unsaturated/α-hetero) is 1. The second-order valence-electron chi connectivity index (χ2n) is 6.08. The van der Waals surface area contributed by atoms with Crippen LogP contribution in [0.25, 0.3) is 0 Å². The lowest BCUT2D eigenvalue weighted by Crippen LogP contribution is -2.45. The summed E-state index contributed by atoms with van der Waals surface area (Å²) in [5, 5.41) is 2.86. The molecule has 17 heavy (non-hydrogen) atoms. The van der Waals surface area contributed by atoms with Gasteiger partial charge < -0.3 is 11.1 Å². The molecule has 3 N–H and O–H groups in total. The van der Waals surface area contributed by atoms with Crippen LogP contribution in [0.1, 0.15) is 48.0 Å². The van der Waals surface area contributed by atoms with Crippen molar-refractivity contribution in [3.05, 3.63) is 0 Å². The molecule has 0 spiro atoms. The Hall–Kier alpha value is -0.900. The lowest BCUT2D eigenvalue weighted by Gasteiger charge is -2.24. The van der Waals surface area contributed by atoms with Gasteiger partial charge in [-0.3, -0.25) is 9.59 Å². The maximum atomic E-state index is 11.8. The molecule has 0 aromatic rings. The molecule has 4 nitrogen and oxygen atoms in total. The summed E-state index contributed by atoms with van der Waals surface area (Å²) in [7, 11) is 0. The molecule has 0 aliphatic rings. The fourth-order valence-corrected chi connectivity index (χ4v) is 1.40. The van der Waals surface area contributed by atoms with Crippen LogP contribution in [0.2, 0.25) is 0 Å². The molecule has 0 aromatic carbocycles. The van der Waals surface area contributed by atoms with Gasteiger partial charge in [0.25, 0.3) is 0 Å². The predicted molar refractivity (Wildman–Crippen MR) is 69.5 cm³/mol. The van der Waals surface area contributed by atoms with E-state index in [2.05, 4.69) is 5.32 Å². The van der Waals surface area contributed by atoms with Gasteiger partial charge in [0.05, 0.1) is 6.04 Å². The van der Waals surface area contributed by atoms with E-state index in [1.54, 1.807) is 6.92 Å². The Morgan fingerprint density at radius 1 is 1.18 bits per heavy atom. The van der Waals surface area contributed by atoms with Crippen molar-refractivity contribution in [1.82, 2.24) is 5.32 Å². The van der Waals surface area contributed by atoms with E-state index in [-0.39, 0.29) is 35.5 Å². The van der Waals surface area contributed by atoms with Crippen LogP contribution in [-0.4, -0.2) is 23.3 Å². The Morgan fingerprint density at radius 2 is 1.65 bits per heavy atom. The van der Waals surface area contributed by atoms with Crippen LogP contribution in [0.3, 0.4) is 0 Å². The molecule has 0 saturated carbocycles. The summed E-state index contributed by atoms with van der Waals surface area (Å²) in [4.78, 5) is 23.5. The third-order valence-electron chi connectivity index (χ3n) is 2.54. The van der Waals surface area contributed by atoms with Crippen LogP contribution in [0.15, 0.2) is 0 Å². The van der Waals surface area contributed by atoms with Gasteiger partial charge in [0, 0.05) is 17.9 Å². The molecule has 0 aliphatic heterocycles. The van der Waals surface area contributed by atoms with Gasteiger partial charge >= 0.3 is 0 Å². The zero-order valence-electron chi connectivity index (χ0n) is 11.8. The lowest BCUT2D eigenvalue weighted by molar-refractivity contribution is -0.130. The van der Waals surface area contributed by atoms with Gasteiger partial charge in [-0.25, -0.2) is 0 Å². The minimum Gasteiger partial charge on any atom is -0.351 e. The van der Waals surface area contributed by atoms with Crippen molar-refractivity contribution in [3.8, 4) is 0 Å². The van der Waals surface area contributed by atoms with Crippen LogP contribution < -0.4 is 11.1 Å². The third kappa shape index (κ3) is 6.41. The van der Waals surface area contributed by atoms with E-state index in [9.17, 15) is 9.59 Å². The van der Waals surface area contributed by atoms with Gasteiger partial charge in [0.15, 0.2) is 5.78 Å². The molecule has 0 aromatic heterocycles. The van der Waals surface area contributed by atoms with Crippen molar-refractivity contribution in [2.24, 2.45) is 17.6 Å². The molecule has 0 radical (unpaired) electrons. The topological polar surface area (TPSA) is 72.2 Å². The van der Waals surface area contributed by atoms with Crippen molar-refractivity contribution in [2.75, 3.05) is 0 Å². The van der Waals surface area contributed by atoms with Gasteiger partial charge in [-0.05, 0) is 26.7 Å². The molecule has 0 unspecified atom stereocenters. The first-order chi connectivity index (χ1) is 7.54. The molecule has 0 heterocycles. The average Bonchev–Trinajstić information content (AvgIpc) is 2.13. The predicted octanol–water partition coefficient (Wildman–Crippen LogP) is 1.48. The summed E-state index contributed by atoms with van der Waals surface area (Å²) in [6.07, 6.45) is 0.210. The second-order valence-corrected chi connectivity index (χ2v) is 6.08. The monoisotopic (exact) mass is 242 g/mol. The van der Waals surface area contributed by atoms with Gasteiger partial charge in [-0.2, -0.15) is 0 Å². The molecule has 2 atom stereocenters. The van der Waals surface area contributed by atoms with Crippen LogP contribution in [0.4, 0.5) is 0 Å². The highest BCUT2D eigenvalue weighted by Crippen LogP contribution is 2.10. The first-order valence-corrected chi connectivity index (χ1v) is 6.15. The molecule has 0 aliphatic carbocycles. The van der Waals surface area contributed by atoms with Crippen LogP contribution >= 0.6 is 0 Å². The zero-order chi connectivity index (χ0) is 13.8. The summed E-state index contributed by atoms with van der Waals surface area (Å²) in [6, 6.07) is -0.472. The first kappa shape index (κ1) is 16.1. The quantitative estimate of drug-likeness (QED) is 0.767. The van der Waals surface area contributed by atoms with E-state index in [0.717, 1.165) is 0 Å². The Labute approximate surface area is 104 Å². The highest BCUT2D eigenvalue weighted by atomic mass is 16.2. The van der Waals surface area contributed by atoms with E-state index in [1.165, 1.54) is 0 Å². The number of rotatable bonds is 5. The normalized spacial score (nSPS) is 15.5. The van der Waals surface area contributed by atoms with Gasteiger partial charge in [0.1, 0.15) is 0 Å². The zero-order valence-corrected chi connectivity index (χ0v) is 11.8. The standard InChI is InChI=1S/C13H26N2O2/c1-8(2)11(14)10(16)7-9(3)12(17)15-13(4,5)6/h8-9,11H,7,14H2,1-6H3,(H,15,17)/t9-,11+/m1/s1. The van der Waals surface area contributed by atoms with E-state index < -0.39 is 6.04 Å². The van der Waals surface area contributed by atoms with E-state index in [4.69, 9.17) is 5.73 Å². The maximum Gasteiger partial charge on any atom is 0.223 e. The van der Waals surface area contributed by atoms with Crippen molar-refractivity contribution < 1.29 is 9.59 Å². The van der Waals surface area contributed by atoms with Crippen LogP contribution in [0.5, 0.6) is 0 Å². The molecule has 0 bridgehead atoms. The van der Waals surface area contributed by atoms with Crippen molar-refractivity contribution >= 4 is 11.7 Å².